The standard InChI is InChI=1S/C35H62N8O11/c1-15-10-16(2)27(17(3)26(15)41-4)43-35(49)42-9-7-5-6-8-24(45)50-14-23-28(46)25(40)29(47)34(52-23)54-32-19(38)11-18(37)31(30(32)48)53-33-20(39)12-21(44)22(13-36)51-33/h10,18-23,25,28-34,41,44,46-48H,5-9,11-14,36-40H2,1-4H3,(H2,42,43,49). The van der Waals surface area contributed by atoms with Gasteiger partial charge in [0.2, 0.25) is 0 Å². The lowest BCUT2D eigenvalue weighted by Crippen LogP contribution is -2.68. The molecule has 19 heteroatoms. The van der Waals surface area contributed by atoms with Crippen molar-refractivity contribution in [3.8, 4) is 0 Å². The summed E-state index contributed by atoms with van der Waals surface area (Å²) in [6.45, 7) is 5.95. The summed E-state index contributed by atoms with van der Waals surface area (Å²) >= 11 is 0. The maximum atomic E-state index is 12.5. The molecule has 1 aromatic carbocycles. The number of hydrogen-bond acceptors (Lipinski definition) is 17. The average Bonchev–Trinajstić information content (AvgIpc) is 3.12. The molecule has 14 atom stereocenters. The number of esters is 1. The molecule has 3 fully saturated rings. The molecule has 1 saturated carbocycles. The van der Waals surface area contributed by atoms with Crippen LogP contribution in [0.4, 0.5) is 16.2 Å². The van der Waals surface area contributed by atoms with Gasteiger partial charge in [-0.15, -0.1) is 0 Å². The zero-order valence-electron chi connectivity index (χ0n) is 31.6. The topological polar surface area (TPSA) is 327 Å². The number of nitrogens with one attached hydrogen (secondary N) is 3. The number of ether oxygens (including phenoxy) is 5. The Morgan fingerprint density at radius 2 is 1.44 bits per heavy atom. The maximum absolute atomic E-state index is 12.5. The molecule has 1 aliphatic carbocycles. The summed E-state index contributed by atoms with van der Waals surface area (Å²) in [7, 11) is 1.84. The number of unbranched alkanes of at least 4 members (excludes halogenated alkanes) is 2. The lowest BCUT2D eigenvalue weighted by Gasteiger charge is -2.47. The van der Waals surface area contributed by atoms with Gasteiger partial charge in [0.15, 0.2) is 12.6 Å². The third-order valence-corrected chi connectivity index (χ3v) is 10.4. The van der Waals surface area contributed by atoms with Gasteiger partial charge in [0.25, 0.3) is 0 Å². The highest BCUT2D eigenvalue weighted by Gasteiger charge is 2.50. The van der Waals surface area contributed by atoms with Crippen LogP contribution >= 0.6 is 0 Å². The van der Waals surface area contributed by atoms with Crippen LogP contribution in [0.3, 0.4) is 0 Å². The second-order valence-corrected chi connectivity index (χ2v) is 14.6. The van der Waals surface area contributed by atoms with Gasteiger partial charge in [-0.2, -0.15) is 0 Å². The first-order chi connectivity index (χ1) is 25.6. The van der Waals surface area contributed by atoms with Crippen molar-refractivity contribution in [2.75, 3.05) is 37.4 Å². The molecule has 2 heterocycles. The molecule has 54 heavy (non-hydrogen) atoms. The van der Waals surface area contributed by atoms with Crippen molar-refractivity contribution in [1.29, 1.82) is 0 Å². The van der Waals surface area contributed by atoms with E-state index in [4.69, 9.17) is 52.4 Å². The van der Waals surface area contributed by atoms with E-state index >= 15 is 0 Å². The van der Waals surface area contributed by atoms with Gasteiger partial charge in [0, 0.05) is 44.3 Å². The number of benzene rings is 1. The predicted molar refractivity (Wildman–Crippen MR) is 198 cm³/mol. The Labute approximate surface area is 315 Å². The first-order valence-corrected chi connectivity index (χ1v) is 18.6. The number of amides is 2. The Hall–Kier alpha value is -2.76. The summed E-state index contributed by atoms with van der Waals surface area (Å²) in [5.74, 6) is -0.537. The molecular formula is C35H62N8O11. The lowest BCUT2D eigenvalue weighted by molar-refractivity contribution is -0.315. The number of aryl methyl sites for hydroxylation is 2. The number of carbonyl (C=O) groups excluding carboxylic acids is 2. The number of hydrogen-bond donors (Lipinski definition) is 12. The van der Waals surface area contributed by atoms with Gasteiger partial charge in [0.05, 0.1) is 30.0 Å². The minimum Gasteiger partial charge on any atom is -0.463 e. The normalized spacial score (nSPS) is 35.6. The summed E-state index contributed by atoms with van der Waals surface area (Å²) in [5.41, 5.74) is 35.3. The summed E-state index contributed by atoms with van der Waals surface area (Å²) < 4.78 is 28.9. The fraction of sp³-hybridized carbons (Fsp3) is 0.771. The first-order valence-electron chi connectivity index (χ1n) is 18.6. The van der Waals surface area contributed by atoms with Gasteiger partial charge < -0.3 is 88.7 Å². The largest absolute Gasteiger partial charge is 0.463 e. The van der Waals surface area contributed by atoms with Crippen LogP contribution < -0.4 is 44.6 Å². The lowest BCUT2D eigenvalue weighted by atomic mass is 9.84. The minimum atomic E-state index is -1.53. The van der Waals surface area contributed by atoms with E-state index in [1.54, 1.807) is 0 Å². The number of aliphatic hydroxyl groups is 4. The number of carbonyl (C=O) groups is 2. The Kier molecular flexibility index (Phi) is 16.2. The zero-order valence-corrected chi connectivity index (χ0v) is 31.6. The molecule has 4 rings (SSSR count). The quantitative estimate of drug-likeness (QED) is 0.0653. The highest BCUT2D eigenvalue weighted by molar-refractivity contribution is 5.92. The van der Waals surface area contributed by atoms with E-state index < -0.39 is 91.5 Å². The van der Waals surface area contributed by atoms with E-state index in [0.29, 0.717) is 25.8 Å². The van der Waals surface area contributed by atoms with Crippen molar-refractivity contribution in [3.63, 3.8) is 0 Å². The SMILES string of the molecule is CNc1c(C)cc(C)c(NC(=O)NCCCCCC(=O)OCC2OC(OC3C(N)CC(N)C(OC4OC(CN)C(O)CC4N)C3O)C(O)C(N)C2O)c1C. The van der Waals surface area contributed by atoms with E-state index in [0.717, 1.165) is 28.1 Å². The maximum Gasteiger partial charge on any atom is 0.319 e. The van der Waals surface area contributed by atoms with Gasteiger partial charge in [-0.25, -0.2) is 4.79 Å². The van der Waals surface area contributed by atoms with Crippen molar-refractivity contribution in [2.45, 2.75) is 145 Å². The molecule has 0 spiro atoms. The summed E-state index contributed by atoms with van der Waals surface area (Å²) in [5, 5.41) is 51.9. The number of nitrogens with two attached hydrogens (primary N) is 5. The number of aliphatic hydroxyl groups excluding tert-OH is 4. The fourth-order valence-electron chi connectivity index (χ4n) is 7.36. The Morgan fingerprint density at radius 3 is 2.09 bits per heavy atom. The monoisotopic (exact) mass is 770 g/mol. The van der Waals surface area contributed by atoms with E-state index in [9.17, 15) is 30.0 Å². The van der Waals surface area contributed by atoms with Crippen LogP contribution in [0, 0.1) is 20.8 Å². The highest BCUT2D eigenvalue weighted by Crippen LogP contribution is 2.32. The zero-order chi connectivity index (χ0) is 39.9. The summed E-state index contributed by atoms with van der Waals surface area (Å²) in [6, 6.07) is -1.85. The molecule has 17 N–H and O–H groups in total. The third-order valence-electron chi connectivity index (χ3n) is 10.4. The van der Waals surface area contributed by atoms with Crippen LogP contribution in [0.15, 0.2) is 6.07 Å². The molecule has 0 aromatic heterocycles. The molecule has 0 radical (unpaired) electrons. The summed E-state index contributed by atoms with van der Waals surface area (Å²) in [6.07, 6.45) is -9.72. The fourth-order valence-corrected chi connectivity index (χ4v) is 7.36. The average molecular weight is 771 g/mol. The molecule has 14 unspecified atom stereocenters. The van der Waals surface area contributed by atoms with Gasteiger partial charge in [-0.3, -0.25) is 4.79 Å². The Balaban J connectivity index is 1.21. The van der Waals surface area contributed by atoms with Crippen molar-refractivity contribution < 1.29 is 53.7 Å². The van der Waals surface area contributed by atoms with Gasteiger partial charge in [0.1, 0.15) is 43.2 Å². The number of rotatable bonds is 15. The van der Waals surface area contributed by atoms with Gasteiger partial charge in [-0.05, 0) is 63.1 Å². The minimum absolute atomic E-state index is 0.0237. The van der Waals surface area contributed by atoms with Crippen molar-refractivity contribution in [2.24, 2.45) is 28.7 Å². The molecule has 2 aliphatic heterocycles. The van der Waals surface area contributed by atoms with Crippen molar-refractivity contribution in [1.82, 2.24) is 5.32 Å². The highest BCUT2D eigenvalue weighted by atomic mass is 16.7. The van der Waals surface area contributed by atoms with E-state index in [1.807, 2.05) is 33.9 Å². The van der Waals surface area contributed by atoms with Crippen molar-refractivity contribution in [3.05, 3.63) is 22.8 Å². The number of urea groups is 1. The molecule has 1 aromatic rings. The van der Waals surface area contributed by atoms with E-state index in [2.05, 4.69) is 16.0 Å². The van der Waals surface area contributed by atoms with Gasteiger partial charge in [-0.1, -0.05) is 12.5 Å². The van der Waals surface area contributed by atoms with Crippen LogP contribution in [0.5, 0.6) is 0 Å². The second kappa shape index (κ2) is 19.9. The van der Waals surface area contributed by atoms with Crippen LogP contribution in [0.1, 0.15) is 55.2 Å². The Morgan fingerprint density at radius 1 is 0.815 bits per heavy atom. The molecule has 0 bridgehead atoms. The predicted octanol–water partition coefficient (Wildman–Crippen LogP) is -2.40. The molecule has 2 amide bonds. The van der Waals surface area contributed by atoms with E-state index in [1.165, 1.54) is 0 Å². The third kappa shape index (κ3) is 10.8. The second-order valence-electron chi connectivity index (χ2n) is 14.6. The van der Waals surface area contributed by atoms with Crippen LogP contribution in [0.2, 0.25) is 0 Å². The Bertz CT molecular complexity index is 1400. The molecule has 2 saturated heterocycles. The van der Waals surface area contributed by atoms with E-state index in [-0.39, 0.29) is 38.4 Å². The summed E-state index contributed by atoms with van der Waals surface area (Å²) in [4.78, 5) is 25.1. The van der Waals surface area contributed by atoms with Gasteiger partial charge >= 0.3 is 12.0 Å². The molecule has 3 aliphatic rings. The molecule has 19 nitrogen and oxygen atoms in total. The smallest absolute Gasteiger partial charge is 0.319 e. The number of anilines is 2. The first kappa shape index (κ1) is 44.0. The van der Waals surface area contributed by atoms with Crippen LogP contribution in [-0.4, -0.2) is 145 Å². The molecular weight excluding hydrogens is 708 g/mol. The van der Waals surface area contributed by atoms with Crippen LogP contribution in [0.25, 0.3) is 0 Å². The van der Waals surface area contributed by atoms with Crippen molar-refractivity contribution >= 4 is 23.4 Å². The van der Waals surface area contributed by atoms with Crippen LogP contribution in [-0.2, 0) is 28.5 Å². The molecule has 308 valence electrons.